The molecule has 5 heteroatoms. The van der Waals surface area contributed by atoms with E-state index in [1.54, 1.807) is 6.07 Å². The summed E-state index contributed by atoms with van der Waals surface area (Å²) >= 11 is 0. The van der Waals surface area contributed by atoms with Crippen LogP contribution >= 0.6 is 0 Å². The van der Waals surface area contributed by atoms with Crippen LogP contribution in [0.1, 0.15) is 12.0 Å². The molecule has 2 aliphatic rings. The van der Waals surface area contributed by atoms with Crippen LogP contribution in [0.4, 0.5) is 4.39 Å². The lowest BCUT2D eigenvalue weighted by Gasteiger charge is -2.26. The van der Waals surface area contributed by atoms with Crippen molar-refractivity contribution in [3.8, 4) is 28.1 Å². The molecule has 2 saturated heterocycles. The summed E-state index contributed by atoms with van der Waals surface area (Å²) in [5, 5.41) is 4.70. The van der Waals surface area contributed by atoms with Gasteiger partial charge in [0.2, 0.25) is 0 Å². The summed E-state index contributed by atoms with van der Waals surface area (Å²) in [4.78, 5) is 2.44. The maximum atomic E-state index is 14.9. The molecule has 2 aliphatic heterocycles. The Kier molecular flexibility index (Phi) is 4.86. The summed E-state index contributed by atoms with van der Waals surface area (Å²) < 4.78 is 22.5. The first kappa shape index (κ1) is 19.4. The predicted octanol–water partition coefficient (Wildman–Crippen LogP) is 5.32. The van der Waals surface area contributed by atoms with Crippen molar-refractivity contribution >= 4 is 0 Å². The van der Waals surface area contributed by atoms with Gasteiger partial charge in [-0.15, -0.1) is 0 Å². The minimum Gasteiger partial charge on any atom is -0.375 e. The summed E-state index contributed by atoms with van der Waals surface area (Å²) in [6.45, 7) is 2.46. The Hall–Kier alpha value is -3.28. The second-order valence-corrected chi connectivity index (χ2v) is 8.60. The molecular formula is C27H24FN3O. The van der Waals surface area contributed by atoms with Crippen molar-refractivity contribution in [3.05, 3.63) is 96.4 Å². The maximum absolute atomic E-state index is 14.9. The van der Waals surface area contributed by atoms with Gasteiger partial charge in [-0.25, -0.2) is 9.07 Å². The highest BCUT2D eigenvalue weighted by Crippen LogP contribution is 2.34. The summed E-state index contributed by atoms with van der Waals surface area (Å²) in [6, 6.07) is 26.0. The fourth-order valence-corrected chi connectivity index (χ4v) is 4.95. The van der Waals surface area contributed by atoms with Gasteiger partial charge in [0.15, 0.2) is 0 Å². The molecule has 3 aromatic carbocycles. The average Bonchev–Trinajstić information content (AvgIpc) is 3.57. The third-order valence-electron chi connectivity index (χ3n) is 6.58. The van der Waals surface area contributed by atoms with Gasteiger partial charge < -0.3 is 4.74 Å². The fraction of sp³-hybridized carbons (Fsp3) is 0.222. The van der Waals surface area contributed by atoms with Gasteiger partial charge in [0, 0.05) is 30.3 Å². The van der Waals surface area contributed by atoms with Crippen LogP contribution in [0.15, 0.2) is 85.1 Å². The first-order chi connectivity index (χ1) is 15.8. The Bertz CT molecular complexity index is 1240. The van der Waals surface area contributed by atoms with Crippen LogP contribution in [0.25, 0.3) is 28.1 Å². The molecule has 0 radical (unpaired) electrons. The first-order valence-electron chi connectivity index (χ1n) is 11.1. The highest BCUT2D eigenvalue weighted by atomic mass is 19.1. The molecule has 3 heterocycles. The van der Waals surface area contributed by atoms with Crippen molar-refractivity contribution in [1.29, 1.82) is 0 Å². The third-order valence-corrected chi connectivity index (χ3v) is 6.58. The van der Waals surface area contributed by atoms with Crippen LogP contribution < -0.4 is 0 Å². The Morgan fingerprint density at radius 1 is 0.906 bits per heavy atom. The van der Waals surface area contributed by atoms with E-state index in [-0.39, 0.29) is 5.82 Å². The zero-order chi connectivity index (χ0) is 21.5. The molecule has 2 unspecified atom stereocenters. The van der Waals surface area contributed by atoms with Crippen molar-refractivity contribution < 1.29 is 9.13 Å². The first-order valence-corrected chi connectivity index (χ1v) is 11.1. The fourth-order valence-electron chi connectivity index (χ4n) is 4.95. The zero-order valence-corrected chi connectivity index (χ0v) is 17.7. The molecule has 0 spiro atoms. The second kappa shape index (κ2) is 8.01. The monoisotopic (exact) mass is 425 g/mol. The lowest BCUT2D eigenvalue weighted by atomic mass is 10.0. The van der Waals surface area contributed by atoms with Crippen LogP contribution in [-0.2, 0) is 11.3 Å². The third kappa shape index (κ3) is 3.44. The highest BCUT2D eigenvalue weighted by molar-refractivity contribution is 5.68. The molecule has 2 atom stereocenters. The Morgan fingerprint density at radius 3 is 2.38 bits per heavy atom. The van der Waals surface area contributed by atoms with E-state index in [1.165, 1.54) is 11.6 Å². The van der Waals surface area contributed by atoms with Crippen LogP contribution in [0, 0.1) is 5.82 Å². The molecule has 0 N–H and O–H groups in total. The number of hydrogen-bond donors (Lipinski definition) is 0. The number of nitrogens with zero attached hydrogens (tertiary/aromatic N) is 3. The molecule has 4 nitrogen and oxygen atoms in total. The van der Waals surface area contributed by atoms with Gasteiger partial charge in [-0.1, -0.05) is 54.6 Å². The van der Waals surface area contributed by atoms with Gasteiger partial charge in [-0.05, 0) is 41.8 Å². The minimum absolute atomic E-state index is 0.234. The molecule has 2 bridgehead atoms. The van der Waals surface area contributed by atoms with Crippen molar-refractivity contribution in [2.75, 3.05) is 13.2 Å². The van der Waals surface area contributed by atoms with Crippen LogP contribution in [0.3, 0.4) is 0 Å². The van der Waals surface area contributed by atoms with E-state index >= 15 is 0 Å². The predicted molar refractivity (Wildman–Crippen MR) is 123 cm³/mol. The SMILES string of the molecule is Fc1ccccc1-c1c(CN2CC3CC2CO3)cnn1-c1ccc(-c2ccccc2)cc1. The molecule has 1 aromatic heterocycles. The summed E-state index contributed by atoms with van der Waals surface area (Å²) in [5.41, 5.74) is 5.66. The molecular weight excluding hydrogens is 401 g/mol. The number of halogens is 1. The number of likely N-dealkylation sites (tertiary alicyclic amines) is 1. The zero-order valence-electron chi connectivity index (χ0n) is 17.7. The van der Waals surface area contributed by atoms with Crippen molar-refractivity contribution in [3.63, 3.8) is 0 Å². The van der Waals surface area contributed by atoms with Crippen molar-refractivity contribution in [1.82, 2.24) is 14.7 Å². The number of ether oxygens (including phenoxy) is 1. The Labute approximate surface area is 186 Å². The number of benzene rings is 3. The van der Waals surface area contributed by atoms with E-state index in [4.69, 9.17) is 9.84 Å². The molecule has 0 amide bonds. The van der Waals surface area contributed by atoms with E-state index in [9.17, 15) is 4.39 Å². The van der Waals surface area contributed by atoms with Gasteiger partial charge in [0.25, 0.3) is 0 Å². The average molecular weight is 426 g/mol. The van der Waals surface area contributed by atoms with E-state index in [0.29, 0.717) is 17.7 Å². The highest BCUT2D eigenvalue weighted by Gasteiger charge is 2.39. The van der Waals surface area contributed by atoms with Crippen molar-refractivity contribution in [2.24, 2.45) is 0 Å². The van der Waals surface area contributed by atoms with E-state index < -0.39 is 0 Å². The van der Waals surface area contributed by atoms with Crippen LogP contribution in [0.5, 0.6) is 0 Å². The van der Waals surface area contributed by atoms with Crippen LogP contribution in [0.2, 0.25) is 0 Å². The Morgan fingerprint density at radius 2 is 1.66 bits per heavy atom. The van der Waals surface area contributed by atoms with E-state index in [0.717, 1.165) is 48.6 Å². The minimum atomic E-state index is -0.234. The normalized spacial score (nSPS) is 20.2. The summed E-state index contributed by atoms with van der Waals surface area (Å²) in [7, 11) is 0. The molecule has 0 saturated carbocycles. The van der Waals surface area contributed by atoms with Gasteiger partial charge in [0.05, 0.1) is 30.3 Å². The largest absolute Gasteiger partial charge is 0.375 e. The lowest BCUT2D eigenvalue weighted by Crippen LogP contribution is -2.36. The molecule has 32 heavy (non-hydrogen) atoms. The van der Waals surface area contributed by atoms with Crippen LogP contribution in [-0.4, -0.2) is 40.0 Å². The number of hydrogen-bond acceptors (Lipinski definition) is 3. The molecule has 6 rings (SSSR count). The molecule has 160 valence electrons. The molecule has 4 aromatic rings. The number of rotatable bonds is 5. The van der Waals surface area contributed by atoms with Gasteiger partial charge >= 0.3 is 0 Å². The quantitative estimate of drug-likeness (QED) is 0.434. The molecule has 0 aliphatic carbocycles. The van der Waals surface area contributed by atoms with Gasteiger partial charge in [-0.2, -0.15) is 5.10 Å². The smallest absolute Gasteiger partial charge is 0.132 e. The Balaban J connectivity index is 1.39. The number of aromatic nitrogens is 2. The topological polar surface area (TPSA) is 30.3 Å². The second-order valence-electron chi connectivity index (χ2n) is 8.60. The molecule has 2 fully saturated rings. The van der Waals surface area contributed by atoms with Gasteiger partial charge in [0.1, 0.15) is 5.82 Å². The standard InChI is InChI=1S/C27H24FN3O/c28-26-9-5-4-8-25(26)27-21(16-30-17-24-14-23(30)18-32-24)15-29-31(27)22-12-10-20(11-13-22)19-6-2-1-3-7-19/h1-13,15,23-24H,14,16-18H2. The summed E-state index contributed by atoms with van der Waals surface area (Å²) in [6.07, 6.45) is 3.31. The van der Waals surface area contributed by atoms with Crippen molar-refractivity contribution in [2.45, 2.75) is 25.1 Å². The maximum Gasteiger partial charge on any atom is 0.132 e. The number of morpholine rings is 1. The lowest BCUT2D eigenvalue weighted by molar-refractivity contribution is 0.0274. The summed E-state index contributed by atoms with van der Waals surface area (Å²) in [5.74, 6) is -0.234. The van der Waals surface area contributed by atoms with Gasteiger partial charge in [-0.3, -0.25) is 4.90 Å². The number of fused-ring (bicyclic) bond motifs is 2. The van der Waals surface area contributed by atoms with E-state index in [2.05, 4.69) is 41.3 Å². The van der Waals surface area contributed by atoms with E-state index in [1.807, 2.05) is 41.2 Å².